The lowest BCUT2D eigenvalue weighted by atomic mass is 10.1. The van der Waals surface area contributed by atoms with Gasteiger partial charge >= 0.3 is 0 Å². The minimum absolute atomic E-state index is 0.0789. The second-order valence-electron chi connectivity index (χ2n) is 7.07. The van der Waals surface area contributed by atoms with Gasteiger partial charge in [-0.15, -0.1) is 6.58 Å². The van der Waals surface area contributed by atoms with Crippen LogP contribution in [0.1, 0.15) is 28.2 Å². The zero-order valence-corrected chi connectivity index (χ0v) is 15.8. The van der Waals surface area contributed by atoms with Crippen molar-refractivity contribution < 1.29 is 9.84 Å². The maximum atomic E-state index is 12.6. The Morgan fingerprint density at radius 2 is 2.33 bits per heavy atom. The molecular weight excluding hydrogens is 342 g/mol. The smallest absolute Gasteiger partial charge is 0.255 e. The predicted octanol–water partition coefficient (Wildman–Crippen LogP) is 1.59. The van der Waals surface area contributed by atoms with Crippen LogP contribution in [0.15, 0.2) is 41.7 Å². The summed E-state index contributed by atoms with van der Waals surface area (Å²) >= 11 is 0. The lowest BCUT2D eigenvalue weighted by Gasteiger charge is -2.29. The lowest BCUT2D eigenvalue weighted by Crippen LogP contribution is -2.41. The van der Waals surface area contributed by atoms with E-state index in [2.05, 4.69) is 35.5 Å². The molecule has 0 fully saturated rings. The Hall–Kier alpha value is -2.28. The van der Waals surface area contributed by atoms with Crippen LogP contribution >= 0.6 is 0 Å². The van der Waals surface area contributed by atoms with Crippen LogP contribution in [0.3, 0.4) is 0 Å². The van der Waals surface area contributed by atoms with Gasteiger partial charge in [0.2, 0.25) is 0 Å². The first-order chi connectivity index (χ1) is 13.0. The highest BCUT2D eigenvalue weighted by Crippen LogP contribution is 2.15. The zero-order chi connectivity index (χ0) is 19.2. The summed E-state index contributed by atoms with van der Waals surface area (Å²) in [5.41, 5.74) is 3.82. The monoisotopic (exact) mass is 369 g/mol. The van der Waals surface area contributed by atoms with Crippen molar-refractivity contribution in [3.8, 4) is 0 Å². The van der Waals surface area contributed by atoms with Gasteiger partial charge in [-0.25, -0.2) is 4.98 Å². The molecule has 1 atom stereocenters. The Bertz CT molecular complexity index is 847. The number of β-amino-alcohol motifs (C(OH)–C–C–N with tert-alkyl or cyclic N) is 1. The molecule has 3 rings (SSSR count). The summed E-state index contributed by atoms with van der Waals surface area (Å²) in [6.45, 7) is 8.07. The Morgan fingerprint density at radius 3 is 3.11 bits per heavy atom. The number of hydrogen-bond acceptors (Lipinski definition) is 5. The van der Waals surface area contributed by atoms with E-state index in [0.29, 0.717) is 43.9 Å². The Labute approximate surface area is 159 Å². The molecule has 1 aromatic carbocycles. The van der Waals surface area contributed by atoms with E-state index in [1.54, 1.807) is 6.08 Å². The first kappa shape index (κ1) is 19.5. The van der Waals surface area contributed by atoms with Gasteiger partial charge in [0.05, 0.1) is 30.6 Å². The van der Waals surface area contributed by atoms with Gasteiger partial charge in [-0.2, -0.15) is 0 Å². The van der Waals surface area contributed by atoms with Crippen LogP contribution in [0.4, 0.5) is 0 Å². The third-order valence-electron chi connectivity index (χ3n) is 4.67. The topological polar surface area (TPSA) is 78.5 Å². The van der Waals surface area contributed by atoms with Crippen LogP contribution in [0.2, 0.25) is 0 Å². The van der Waals surface area contributed by atoms with Gasteiger partial charge in [-0.05, 0) is 12.5 Å². The molecule has 0 saturated carbocycles. The van der Waals surface area contributed by atoms with Crippen molar-refractivity contribution in [3.05, 3.63) is 75.5 Å². The maximum absolute atomic E-state index is 12.6. The standard InChI is InChI=1S/C21H27N3O3/c1-3-9-27-14-17(25)12-24-8-7-19-18(13-24)21(26)23-20(22-19)11-16-6-4-5-15(2)10-16/h3-6,10,17,25H,1,7-9,11-14H2,2H3,(H,22,23,26). The summed E-state index contributed by atoms with van der Waals surface area (Å²) in [6.07, 6.45) is 2.40. The number of aliphatic hydroxyl groups is 1. The molecule has 2 aromatic rings. The number of benzene rings is 1. The average Bonchev–Trinajstić information content (AvgIpc) is 2.62. The van der Waals surface area contributed by atoms with Gasteiger partial charge in [-0.3, -0.25) is 9.69 Å². The number of aromatic nitrogens is 2. The molecule has 1 aliphatic heterocycles. The molecule has 1 aliphatic rings. The fourth-order valence-electron chi connectivity index (χ4n) is 3.43. The van der Waals surface area contributed by atoms with E-state index in [-0.39, 0.29) is 12.2 Å². The van der Waals surface area contributed by atoms with E-state index in [1.165, 1.54) is 5.56 Å². The molecular formula is C21H27N3O3. The van der Waals surface area contributed by atoms with Gasteiger partial charge in [0, 0.05) is 32.5 Å². The number of ether oxygens (including phenoxy) is 1. The molecule has 27 heavy (non-hydrogen) atoms. The van der Waals surface area contributed by atoms with Crippen LogP contribution in [0.25, 0.3) is 0 Å². The fourth-order valence-corrected chi connectivity index (χ4v) is 3.43. The van der Waals surface area contributed by atoms with Crippen LogP contribution < -0.4 is 5.56 Å². The number of nitrogens with one attached hydrogen (secondary N) is 1. The summed E-state index contributed by atoms with van der Waals surface area (Å²) in [6, 6.07) is 8.22. The second kappa shape index (κ2) is 9.08. The first-order valence-electron chi connectivity index (χ1n) is 9.30. The van der Waals surface area contributed by atoms with E-state index in [0.717, 1.165) is 17.8 Å². The average molecular weight is 369 g/mol. The number of aliphatic hydroxyl groups excluding tert-OH is 1. The molecule has 0 aliphatic carbocycles. The number of H-pyrrole nitrogens is 1. The quantitative estimate of drug-likeness (QED) is 0.546. The van der Waals surface area contributed by atoms with Crippen LogP contribution in [-0.4, -0.2) is 52.4 Å². The van der Waals surface area contributed by atoms with Crippen molar-refractivity contribution >= 4 is 0 Å². The van der Waals surface area contributed by atoms with Gasteiger partial charge in [0.1, 0.15) is 5.82 Å². The van der Waals surface area contributed by atoms with Gasteiger partial charge < -0.3 is 14.8 Å². The van der Waals surface area contributed by atoms with Crippen molar-refractivity contribution in [1.82, 2.24) is 14.9 Å². The minimum atomic E-state index is -0.584. The van der Waals surface area contributed by atoms with Crippen LogP contribution in [0.5, 0.6) is 0 Å². The number of nitrogens with zero attached hydrogens (tertiary/aromatic N) is 2. The number of aromatic amines is 1. The molecule has 144 valence electrons. The molecule has 0 saturated heterocycles. The highest BCUT2D eigenvalue weighted by Gasteiger charge is 2.22. The van der Waals surface area contributed by atoms with E-state index < -0.39 is 6.10 Å². The van der Waals surface area contributed by atoms with Crippen molar-refractivity contribution in [2.75, 3.05) is 26.3 Å². The highest BCUT2D eigenvalue weighted by atomic mass is 16.5. The second-order valence-corrected chi connectivity index (χ2v) is 7.07. The number of fused-ring (bicyclic) bond motifs is 1. The molecule has 1 unspecified atom stereocenters. The van der Waals surface area contributed by atoms with E-state index >= 15 is 0 Å². The van der Waals surface area contributed by atoms with Gasteiger partial charge in [-0.1, -0.05) is 35.9 Å². The van der Waals surface area contributed by atoms with E-state index in [1.807, 2.05) is 12.1 Å². The molecule has 1 aromatic heterocycles. The predicted molar refractivity (Wildman–Crippen MR) is 105 cm³/mol. The fraction of sp³-hybridized carbons (Fsp3) is 0.429. The van der Waals surface area contributed by atoms with E-state index in [9.17, 15) is 9.90 Å². The first-order valence-corrected chi connectivity index (χ1v) is 9.30. The maximum Gasteiger partial charge on any atom is 0.255 e. The molecule has 6 nitrogen and oxygen atoms in total. The minimum Gasteiger partial charge on any atom is -0.389 e. The number of aryl methyl sites for hydroxylation is 1. The number of rotatable bonds is 8. The Kier molecular flexibility index (Phi) is 6.55. The third kappa shape index (κ3) is 5.35. The zero-order valence-electron chi connectivity index (χ0n) is 15.8. The highest BCUT2D eigenvalue weighted by molar-refractivity contribution is 5.27. The SMILES string of the molecule is C=CCOCC(O)CN1CCc2nc(Cc3cccc(C)c3)[nH]c(=O)c2C1. The van der Waals surface area contributed by atoms with Crippen molar-refractivity contribution in [1.29, 1.82) is 0 Å². The largest absolute Gasteiger partial charge is 0.389 e. The molecule has 0 amide bonds. The Balaban J connectivity index is 1.65. The summed E-state index contributed by atoms with van der Waals surface area (Å²) in [5.74, 6) is 0.704. The molecule has 2 N–H and O–H groups in total. The molecule has 0 bridgehead atoms. The summed E-state index contributed by atoms with van der Waals surface area (Å²) in [4.78, 5) is 22.3. The molecule has 0 radical (unpaired) electrons. The normalized spacial score (nSPS) is 15.3. The summed E-state index contributed by atoms with van der Waals surface area (Å²) < 4.78 is 5.29. The van der Waals surface area contributed by atoms with Gasteiger partial charge in [0.25, 0.3) is 5.56 Å². The van der Waals surface area contributed by atoms with Gasteiger partial charge in [0.15, 0.2) is 0 Å². The Morgan fingerprint density at radius 1 is 1.48 bits per heavy atom. The summed E-state index contributed by atoms with van der Waals surface area (Å²) in [5, 5.41) is 10.1. The van der Waals surface area contributed by atoms with Crippen molar-refractivity contribution in [3.63, 3.8) is 0 Å². The number of hydrogen-bond donors (Lipinski definition) is 2. The lowest BCUT2D eigenvalue weighted by molar-refractivity contribution is 0.0233. The molecule has 6 heteroatoms. The summed E-state index contributed by atoms with van der Waals surface area (Å²) in [7, 11) is 0. The van der Waals surface area contributed by atoms with Crippen molar-refractivity contribution in [2.24, 2.45) is 0 Å². The van der Waals surface area contributed by atoms with Crippen LogP contribution in [0, 0.1) is 6.92 Å². The van der Waals surface area contributed by atoms with Crippen molar-refractivity contribution in [2.45, 2.75) is 32.4 Å². The third-order valence-corrected chi connectivity index (χ3v) is 4.67. The molecule has 2 heterocycles. The van der Waals surface area contributed by atoms with Crippen LogP contribution in [-0.2, 0) is 24.1 Å². The molecule has 0 spiro atoms. The van der Waals surface area contributed by atoms with E-state index in [4.69, 9.17) is 9.72 Å².